The van der Waals surface area contributed by atoms with E-state index in [0.29, 0.717) is 23.7 Å². The predicted octanol–water partition coefficient (Wildman–Crippen LogP) is 2.30. The molecular formula is C12H12O3. The maximum absolute atomic E-state index is 11.6. The second-order valence-electron chi connectivity index (χ2n) is 3.19. The van der Waals surface area contributed by atoms with Crippen molar-refractivity contribution in [3.05, 3.63) is 29.3 Å². The molecule has 0 heterocycles. The van der Waals surface area contributed by atoms with E-state index in [-0.39, 0.29) is 5.78 Å². The van der Waals surface area contributed by atoms with Crippen molar-refractivity contribution in [2.75, 3.05) is 13.7 Å². The van der Waals surface area contributed by atoms with Gasteiger partial charge in [-0.2, -0.15) is 0 Å². The number of carbonyl (C=O) groups excluding carboxylic acids is 1. The lowest BCUT2D eigenvalue weighted by atomic mass is 10.1. The Morgan fingerprint density at radius 3 is 2.73 bits per heavy atom. The molecule has 15 heavy (non-hydrogen) atoms. The van der Waals surface area contributed by atoms with Crippen LogP contribution < -0.4 is 9.47 Å². The number of methoxy groups -OCH3 is 1. The fourth-order valence-electron chi connectivity index (χ4n) is 1.69. The van der Waals surface area contributed by atoms with Crippen LogP contribution in [-0.2, 0) is 0 Å². The average molecular weight is 204 g/mol. The molecule has 2 rings (SSSR count). The molecule has 0 atom stereocenters. The first kappa shape index (κ1) is 9.77. The average Bonchev–Trinajstić information content (AvgIpc) is 2.61. The minimum Gasteiger partial charge on any atom is -0.492 e. The number of rotatable bonds is 3. The van der Waals surface area contributed by atoms with Crippen LogP contribution in [0.4, 0.5) is 0 Å². The van der Waals surface area contributed by atoms with Gasteiger partial charge in [-0.25, -0.2) is 0 Å². The first-order chi connectivity index (χ1) is 7.27. The number of carbonyl (C=O) groups is 1. The Morgan fingerprint density at radius 2 is 2.07 bits per heavy atom. The second kappa shape index (κ2) is 3.77. The van der Waals surface area contributed by atoms with Crippen molar-refractivity contribution in [2.24, 2.45) is 0 Å². The maximum Gasteiger partial charge on any atom is 0.190 e. The summed E-state index contributed by atoms with van der Waals surface area (Å²) in [4.78, 5) is 11.6. The van der Waals surface area contributed by atoms with Gasteiger partial charge in [-0.3, -0.25) is 4.79 Å². The van der Waals surface area contributed by atoms with E-state index in [1.807, 2.05) is 19.1 Å². The van der Waals surface area contributed by atoms with Gasteiger partial charge in [-0.1, -0.05) is 12.1 Å². The Labute approximate surface area is 88.3 Å². The molecule has 3 heteroatoms. The third kappa shape index (κ3) is 1.50. The van der Waals surface area contributed by atoms with Crippen LogP contribution in [0.1, 0.15) is 22.8 Å². The van der Waals surface area contributed by atoms with Crippen molar-refractivity contribution < 1.29 is 14.3 Å². The molecule has 0 spiro atoms. The zero-order valence-electron chi connectivity index (χ0n) is 8.74. The van der Waals surface area contributed by atoms with E-state index in [4.69, 9.17) is 9.47 Å². The van der Waals surface area contributed by atoms with Crippen LogP contribution in [0, 0.1) is 0 Å². The minimum absolute atomic E-state index is 0.0246. The van der Waals surface area contributed by atoms with Crippen LogP contribution in [0.15, 0.2) is 18.2 Å². The standard InChI is InChI=1S/C12H12O3/c1-3-15-10-7-5-8-4-6-9(13)11(8)12(10)14-2/h4-7H,3H2,1-2H3. The molecule has 0 aromatic heterocycles. The smallest absolute Gasteiger partial charge is 0.190 e. The molecule has 0 N–H and O–H groups in total. The van der Waals surface area contributed by atoms with Gasteiger partial charge in [0.15, 0.2) is 17.3 Å². The number of allylic oxidation sites excluding steroid dienone is 1. The van der Waals surface area contributed by atoms with Gasteiger partial charge < -0.3 is 9.47 Å². The number of hydrogen-bond donors (Lipinski definition) is 0. The lowest BCUT2D eigenvalue weighted by Gasteiger charge is -2.12. The normalized spacial score (nSPS) is 12.8. The molecule has 78 valence electrons. The fourth-order valence-corrected chi connectivity index (χ4v) is 1.69. The number of ether oxygens (including phenoxy) is 2. The van der Waals surface area contributed by atoms with E-state index < -0.39 is 0 Å². The SMILES string of the molecule is CCOc1ccc2c(c1OC)C(=O)C=C2. The summed E-state index contributed by atoms with van der Waals surface area (Å²) < 4.78 is 10.6. The zero-order chi connectivity index (χ0) is 10.8. The molecule has 3 nitrogen and oxygen atoms in total. The molecule has 1 aromatic carbocycles. The van der Waals surface area contributed by atoms with Crippen molar-refractivity contribution in [3.63, 3.8) is 0 Å². The zero-order valence-corrected chi connectivity index (χ0v) is 8.74. The molecular weight excluding hydrogens is 192 g/mol. The lowest BCUT2D eigenvalue weighted by molar-refractivity contribution is 0.104. The maximum atomic E-state index is 11.6. The predicted molar refractivity (Wildman–Crippen MR) is 57.5 cm³/mol. The largest absolute Gasteiger partial charge is 0.492 e. The van der Waals surface area contributed by atoms with Crippen LogP contribution >= 0.6 is 0 Å². The van der Waals surface area contributed by atoms with E-state index in [0.717, 1.165) is 5.56 Å². The van der Waals surface area contributed by atoms with E-state index in [9.17, 15) is 4.79 Å². The summed E-state index contributed by atoms with van der Waals surface area (Å²) >= 11 is 0. The van der Waals surface area contributed by atoms with Crippen LogP contribution in [0.2, 0.25) is 0 Å². The van der Waals surface area contributed by atoms with Crippen LogP contribution in [0.3, 0.4) is 0 Å². The lowest BCUT2D eigenvalue weighted by Crippen LogP contribution is -2.01. The third-order valence-corrected chi connectivity index (χ3v) is 2.32. The van der Waals surface area contributed by atoms with Gasteiger partial charge in [0.1, 0.15) is 0 Å². The van der Waals surface area contributed by atoms with Crippen molar-refractivity contribution in [1.29, 1.82) is 0 Å². The molecule has 0 saturated carbocycles. The Bertz CT molecular complexity index is 433. The molecule has 0 bridgehead atoms. The Hall–Kier alpha value is -1.77. The first-order valence-electron chi connectivity index (χ1n) is 4.84. The van der Waals surface area contributed by atoms with Crippen molar-refractivity contribution >= 4 is 11.9 Å². The van der Waals surface area contributed by atoms with Crippen molar-refractivity contribution in [3.8, 4) is 11.5 Å². The fraction of sp³-hybridized carbons (Fsp3) is 0.250. The van der Waals surface area contributed by atoms with E-state index in [2.05, 4.69) is 0 Å². The van der Waals surface area contributed by atoms with Gasteiger partial charge in [0.2, 0.25) is 0 Å². The highest BCUT2D eigenvalue weighted by Crippen LogP contribution is 2.37. The summed E-state index contributed by atoms with van der Waals surface area (Å²) in [7, 11) is 1.55. The number of ketones is 1. The van der Waals surface area contributed by atoms with Crippen molar-refractivity contribution in [1.82, 2.24) is 0 Å². The molecule has 1 aliphatic carbocycles. The van der Waals surface area contributed by atoms with Crippen LogP contribution in [0.25, 0.3) is 6.08 Å². The van der Waals surface area contributed by atoms with Gasteiger partial charge >= 0.3 is 0 Å². The Morgan fingerprint density at radius 1 is 1.27 bits per heavy atom. The molecule has 1 aliphatic rings. The number of hydrogen-bond acceptors (Lipinski definition) is 3. The van der Waals surface area contributed by atoms with E-state index >= 15 is 0 Å². The van der Waals surface area contributed by atoms with Gasteiger partial charge in [0, 0.05) is 0 Å². The first-order valence-corrected chi connectivity index (χ1v) is 4.84. The number of benzene rings is 1. The summed E-state index contributed by atoms with van der Waals surface area (Å²) in [6.07, 6.45) is 3.33. The van der Waals surface area contributed by atoms with Crippen LogP contribution in [0.5, 0.6) is 11.5 Å². The summed E-state index contributed by atoms with van der Waals surface area (Å²) in [5.74, 6) is 1.13. The highest BCUT2D eigenvalue weighted by Gasteiger charge is 2.22. The third-order valence-electron chi connectivity index (χ3n) is 2.32. The Balaban J connectivity index is 2.55. The Kier molecular flexibility index (Phi) is 2.46. The summed E-state index contributed by atoms with van der Waals surface area (Å²) in [6, 6.07) is 3.69. The molecule has 0 amide bonds. The summed E-state index contributed by atoms with van der Waals surface area (Å²) in [5, 5.41) is 0. The quantitative estimate of drug-likeness (QED) is 0.757. The van der Waals surface area contributed by atoms with E-state index in [1.54, 1.807) is 19.3 Å². The molecule has 0 fully saturated rings. The highest BCUT2D eigenvalue weighted by atomic mass is 16.5. The minimum atomic E-state index is -0.0246. The highest BCUT2D eigenvalue weighted by molar-refractivity contribution is 6.15. The van der Waals surface area contributed by atoms with Gasteiger partial charge in [-0.15, -0.1) is 0 Å². The van der Waals surface area contributed by atoms with Crippen molar-refractivity contribution in [2.45, 2.75) is 6.92 Å². The van der Waals surface area contributed by atoms with Gasteiger partial charge in [0.25, 0.3) is 0 Å². The number of fused-ring (bicyclic) bond motifs is 1. The van der Waals surface area contributed by atoms with Crippen LogP contribution in [-0.4, -0.2) is 19.5 Å². The van der Waals surface area contributed by atoms with E-state index in [1.165, 1.54) is 0 Å². The summed E-state index contributed by atoms with van der Waals surface area (Å²) in [5.41, 5.74) is 1.49. The second-order valence-corrected chi connectivity index (χ2v) is 3.19. The molecule has 0 radical (unpaired) electrons. The summed E-state index contributed by atoms with van der Waals surface area (Å²) in [6.45, 7) is 2.45. The molecule has 0 saturated heterocycles. The monoisotopic (exact) mass is 204 g/mol. The topological polar surface area (TPSA) is 35.5 Å². The van der Waals surface area contributed by atoms with Gasteiger partial charge in [0.05, 0.1) is 19.3 Å². The molecule has 0 aliphatic heterocycles. The molecule has 1 aromatic rings. The molecule has 0 unspecified atom stereocenters. The van der Waals surface area contributed by atoms with Gasteiger partial charge in [-0.05, 0) is 24.6 Å².